The Morgan fingerprint density at radius 1 is 1.54 bits per heavy atom. The van der Waals surface area contributed by atoms with Crippen molar-refractivity contribution in [3.63, 3.8) is 0 Å². The van der Waals surface area contributed by atoms with Crippen LogP contribution in [0.1, 0.15) is 31.1 Å². The van der Waals surface area contributed by atoms with Crippen LogP contribution in [0.3, 0.4) is 0 Å². The van der Waals surface area contributed by atoms with E-state index in [0.29, 0.717) is 6.54 Å². The van der Waals surface area contributed by atoms with Gasteiger partial charge in [-0.15, -0.1) is 0 Å². The first-order valence-corrected chi connectivity index (χ1v) is 5.24. The Labute approximate surface area is 83.0 Å². The smallest absolute Gasteiger partial charge is 0.252 e. The number of hydrogen-bond donors (Lipinski definition) is 1. The summed E-state index contributed by atoms with van der Waals surface area (Å²) in [6.07, 6.45) is 0. The molecule has 13 heavy (non-hydrogen) atoms. The van der Waals surface area contributed by atoms with Crippen LogP contribution in [0, 0.1) is 5.41 Å². The molecule has 0 aliphatic rings. The summed E-state index contributed by atoms with van der Waals surface area (Å²) in [4.78, 5) is 11.4. The van der Waals surface area contributed by atoms with Gasteiger partial charge in [-0.05, 0) is 16.9 Å². The van der Waals surface area contributed by atoms with E-state index in [1.165, 1.54) is 0 Å². The van der Waals surface area contributed by atoms with Crippen molar-refractivity contribution in [2.45, 2.75) is 20.8 Å². The molecule has 2 nitrogen and oxygen atoms in total. The van der Waals surface area contributed by atoms with Gasteiger partial charge in [-0.1, -0.05) is 20.8 Å². The highest BCUT2D eigenvalue weighted by molar-refractivity contribution is 7.08. The third kappa shape index (κ3) is 3.59. The molecule has 0 saturated heterocycles. The molecule has 0 saturated carbocycles. The summed E-state index contributed by atoms with van der Waals surface area (Å²) in [7, 11) is 0. The lowest BCUT2D eigenvalue weighted by molar-refractivity contribution is 0.0940. The molecule has 0 bridgehead atoms. The van der Waals surface area contributed by atoms with Crippen LogP contribution in [0.15, 0.2) is 16.8 Å². The fraction of sp³-hybridized carbons (Fsp3) is 0.500. The number of rotatable bonds is 2. The topological polar surface area (TPSA) is 29.1 Å². The molecule has 1 rings (SSSR count). The summed E-state index contributed by atoms with van der Waals surface area (Å²) in [6, 6.07) is 1.84. The zero-order chi connectivity index (χ0) is 9.90. The minimum Gasteiger partial charge on any atom is -0.351 e. The van der Waals surface area contributed by atoms with Gasteiger partial charge in [0.2, 0.25) is 0 Å². The Bertz CT molecular complexity index is 272. The SMILES string of the molecule is CC(C)(C)CNC(=O)c1ccsc1. The third-order valence-corrected chi connectivity index (χ3v) is 2.25. The molecule has 0 aromatic carbocycles. The molecule has 3 heteroatoms. The second-order valence-corrected chi connectivity index (χ2v) is 5.04. The molecule has 0 spiro atoms. The van der Waals surface area contributed by atoms with E-state index in [9.17, 15) is 4.79 Å². The van der Waals surface area contributed by atoms with Gasteiger partial charge in [0.15, 0.2) is 0 Å². The number of thiophene rings is 1. The van der Waals surface area contributed by atoms with Crippen molar-refractivity contribution in [2.24, 2.45) is 5.41 Å². The quantitative estimate of drug-likeness (QED) is 0.775. The monoisotopic (exact) mass is 197 g/mol. The van der Waals surface area contributed by atoms with E-state index >= 15 is 0 Å². The predicted molar refractivity (Wildman–Crippen MR) is 56.1 cm³/mol. The third-order valence-electron chi connectivity index (χ3n) is 1.56. The summed E-state index contributed by atoms with van der Waals surface area (Å²) in [5, 5.41) is 6.66. The lowest BCUT2D eigenvalue weighted by atomic mass is 9.97. The lowest BCUT2D eigenvalue weighted by Gasteiger charge is -2.18. The van der Waals surface area contributed by atoms with Crippen molar-refractivity contribution < 1.29 is 4.79 Å². The van der Waals surface area contributed by atoms with Crippen LogP contribution in [0.4, 0.5) is 0 Å². The summed E-state index contributed by atoms with van der Waals surface area (Å²) in [6.45, 7) is 7.00. The second kappa shape index (κ2) is 3.92. The van der Waals surface area contributed by atoms with Crippen LogP contribution in [0.25, 0.3) is 0 Å². The van der Waals surface area contributed by atoms with E-state index in [2.05, 4.69) is 26.1 Å². The molecule has 0 radical (unpaired) electrons. The number of carbonyl (C=O) groups excluding carboxylic acids is 1. The van der Waals surface area contributed by atoms with Gasteiger partial charge in [-0.2, -0.15) is 11.3 Å². The molecular weight excluding hydrogens is 182 g/mol. The van der Waals surface area contributed by atoms with Gasteiger partial charge in [0.1, 0.15) is 0 Å². The van der Waals surface area contributed by atoms with Crippen molar-refractivity contribution in [3.8, 4) is 0 Å². The van der Waals surface area contributed by atoms with Gasteiger partial charge >= 0.3 is 0 Å². The van der Waals surface area contributed by atoms with Crippen molar-refractivity contribution in [2.75, 3.05) is 6.54 Å². The molecule has 0 aliphatic heterocycles. The normalized spacial score (nSPS) is 11.3. The minimum atomic E-state index is 0.0242. The van der Waals surface area contributed by atoms with Crippen LogP contribution in [0.2, 0.25) is 0 Å². The highest BCUT2D eigenvalue weighted by Gasteiger charge is 2.12. The van der Waals surface area contributed by atoms with Gasteiger partial charge in [0.05, 0.1) is 0 Å². The first kappa shape index (κ1) is 10.3. The van der Waals surface area contributed by atoms with Crippen LogP contribution in [-0.2, 0) is 0 Å². The number of hydrogen-bond acceptors (Lipinski definition) is 2. The van der Waals surface area contributed by atoms with Gasteiger partial charge in [0, 0.05) is 17.5 Å². The maximum atomic E-state index is 11.4. The minimum absolute atomic E-state index is 0.0242. The van der Waals surface area contributed by atoms with E-state index in [4.69, 9.17) is 0 Å². The van der Waals surface area contributed by atoms with Crippen molar-refractivity contribution in [1.29, 1.82) is 0 Å². The van der Waals surface area contributed by atoms with E-state index < -0.39 is 0 Å². The molecule has 0 aliphatic carbocycles. The Morgan fingerprint density at radius 2 is 2.23 bits per heavy atom. The number of nitrogens with one attached hydrogen (secondary N) is 1. The lowest BCUT2D eigenvalue weighted by Crippen LogP contribution is -2.31. The molecule has 0 unspecified atom stereocenters. The van der Waals surface area contributed by atoms with Crippen molar-refractivity contribution >= 4 is 17.2 Å². The van der Waals surface area contributed by atoms with E-state index in [0.717, 1.165) is 5.56 Å². The summed E-state index contributed by atoms with van der Waals surface area (Å²) in [5.74, 6) is 0.0242. The van der Waals surface area contributed by atoms with Gasteiger partial charge in [-0.3, -0.25) is 4.79 Å². The van der Waals surface area contributed by atoms with E-state index in [1.54, 1.807) is 11.3 Å². The first-order valence-electron chi connectivity index (χ1n) is 4.29. The Morgan fingerprint density at radius 3 is 2.69 bits per heavy atom. The van der Waals surface area contributed by atoms with Crippen LogP contribution < -0.4 is 5.32 Å². The van der Waals surface area contributed by atoms with Crippen LogP contribution in [0.5, 0.6) is 0 Å². The van der Waals surface area contributed by atoms with Crippen molar-refractivity contribution in [3.05, 3.63) is 22.4 Å². The summed E-state index contributed by atoms with van der Waals surface area (Å²) >= 11 is 1.54. The highest BCUT2D eigenvalue weighted by atomic mass is 32.1. The molecule has 1 aromatic rings. The Balaban J connectivity index is 2.44. The molecular formula is C10H15NOS. The maximum absolute atomic E-state index is 11.4. The highest BCUT2D eigenvalue weighted by Crippen LogP contribution is 2.11. The van der Waals surface area contributed by atoms with Gasteiger partial charge < -0.3 is 5.32 Å². The molecule has 1 amide bonds. The first-order chi connectivity index (χ1) is 5.99. The maximum Gasteiger partial charge on any atom is 0.252 e. The van der Waals surface area contributed by atoms with E-state index in [-0.39, 0.29) is 11.3 Å². The molecule has 1 N–H and O–H groups in total. The Kier molecular flexibility index (Phi) is 3.09. The van der Waals surface area contributed by atoms with Crippen LogP contribution >= 0.6 is 11.3 Å². The zero-order valence-electron chi connectivity index (χ0n) is 8.26. The largest absolute Gasteiger partial charge is 0.351 e. The molecule has 0 fully saturated rings. The number of amides is 1. The molecule has 72 valence electrons. The molecule has 1 aromatic heterocycles. The van der Waals surface area contributed by atoms with E-state index in [1.807, 2.05) is 16.8 Å². The van der Waals surface area contributed by atoms with Gasteiger partial charge in [0.25, 0.3) is 5.91 Å². The van der Waals surface area contributed by atoms with Gasteiger partial charge in [-0.25, -0.2) is 0 Å². The fourth-order valence-electron chi connectivity index (χ4n) is 0.841. The average Bonchev–Trinajstić information content (AvgIpc) is 2.50. The predicted octanol–water partition coefficient (Wildman–Crippen LogP) is 2.52. The van der Waals surface area contributed by atoms with Crippen molar-refractivity contribution in [1.82, 2.24) is 5.32 Å². The zero-order valence-corrected chi connectivity index (χ0v) is 9.07. The second-order valence-electron chi connectivity index (χ2n) is 4.26. The fourth-order valence-corrected chi connectivity index (χ4v) is 1.48. The summed E-state index contributed by atoms with van der Waals surface area (Å²) in [5.41, 5.74) is 0.903. The Hall–Kier alpha value is -0.830. The average molecular weight is 197 g/mol. The number of carbonyl (C=O) groups is 1. The molecule has 1 heterocycles. The van der Waals surface area contributed by atoms with Crippen LogP contribution in [-0.4, -0.2) is 12.5 Å². The standard InChI is InChI=1S/C10H15NOS/c1-10(2,3)7-11-9(12)8-4-5-13-6-8/h4-6H,7H2,1-3H3,(H,11,12). The summed E-state index contributed by atoms with van der Waals surface area (Å²) < 4.78 is 0. The molecule has 0 atom stereocenters.